The van der Waals surface area contributed by atoms with Gasteiger partial charge in [0.1, 0.15) is 0 Å². The van der Waals surface area contributed by atoms with Crippen LogP contribution in [0.25, 0.3) is 5.65 Å². The highest BCUT2D eigenvalue weighted by molar-refractivity contribution is 6.00. The van der Waals surface area contributed by atoms with E-state index in [-0.39, 0.29) is 23.9 Å². The first-order valence-electron chi connectivity index (χ1n) is 9.43. The summed E-state index contributed by atoms with van der Waals surface area (Å²) in [6.45, 7) is 0.0577. The number of nitrogens with one attached hydrogen (secondary N) is 2. The van der Waals surface area contributed by atoms with E-state index in [2.05, 4.69) is 20.7 Å². The third-order valence-corrected chi connectivity index (χ3v) is 5.66. The molecule has 154 valence electrons. The number of carbonyl (C=O) groups excluding carboxylic acids is 2. The van der Waals surface area contributed by atoms with Crippen molar-refractivity contribution >= 4 is 17.6 Å². The van der Waals surface area contributed by atoms with E-state index in [0.717, 1.165) is 28.3 Å². The summed E-state index contributed by atoms with van der Waals surface area (Å²) < 4.78 is 40.9. The lowest BCUT2D eigenvalue weighted by Crippen LogP contribution is -2.51. The zero-order valence-electron chi connectivity index (χ0n) is 15.5. The van der Waals surface area contributed by atoms with Crippen molar-refractivity contribution in [2.45, 2.75) is 30.6 Å². The molecule has 2 aromatic heterocycles. The summed E-state index contributed by atoms with van der Waals surface area (Å²) in [5.74, 6) is -1.85. The number of aromatic nitrogens is 3. The first kappa shape index (κ1) is 18.6. The van der Waals surface area contributed by atoms with Gasteiger partial charge < -0.3 is 5.32 Å². The molecule has 1 saturated heterocycles. The van der Waals surface area contributed by atoms with Crippen LogP contribution >= 0.6 is 0 Å². The SMILES string of the molecule is O=C1NCC(c2cc([C@H]3C[C@@H]3c3ccc(C(F)F)cc3)c3ncc(F)n3n2)C(=O)N1. The number of hydrogen-bond donors (Lipinski definition) is 2. The highest BCUT2D eigenvalue weighted by Crippen LogP contribution is 2.55. The minimum Gasteiger partial charge on any atom is -0.337 e. The second kappa shape index (κ2) is 6.82. The number of halogens is 3. The number of rotatable bonds is 4. The Balaban J connectivity index is 1.50. The van der Waals surface area contributed by atoms with Crippen LogP contribution in [0.2, 0.25) is 0 Å². The van der Waals surface area contributed by atoms with Crippen LogP contribution in [0.3, 0.4) is 0 Å². The molecule has 3 aromatic rings. The Labute approximate surface area is 168 Å². The molecule has 2 N–H and O–H groups in total. The molecular weight excluding hydrogens is 399 g/mol. The van der Waals surface area contributed by atoms with Gasteiger partial charge in [0.25, 0.3) is 6.43 Å². The molecule has 2 fully saturated rings. The van der Waals surface area contributed by atoms with Gasteiger partial charge >= 0.3 is 6.03 Å². The van der Waals surface area contributed by atoms with E-state index in [0.29, 0.717) is 11.3 Å². The second-order valence-electron chi connectivity index (χ2n) is 7.51. The Morgan fingerprint density at radius 2 is 1.90 bits per heavy atom. The standard InChI is InChI=1S/C20H16F3N5O2/c21-16-8-24-18-13(12-5-11(12)9-1-3-10(4-2-9)17(22)23)6-15(27-28(16)18)14-7-25-20(30)26-19(14)29/h1-4,6,8,11-12,14,17H,5,7H2,(H2,25,26,29,30)/t11-,12+,14?/m1/s1. The van der Waals surface area contributed by atoms with E-state index in [9.17, 15) is 22.8 Å². The highest BCUT2D eigenvalue weighted by Gasteiger charge is 2.42. The maximum atomic E-state index is 14.3. The molecule has 1 unspecified atom stereocenters. The summed E-state index contributed by atoms with van der Waals surface area (Å²) in [5.41, 5.74) is 2.29. The molecule has 10 heteroatoms. The van der Waals surface area contributed by atoms with E-state index in [4.69, 9.17) is 0 Å². The molecule has 3 atom stereocenters. The van der Waals surface area contributed by atoms with Crippen molar-refractivity contribution in [2.24, 2.45) is 0 Å². The van der Waals surface area contributed by atoms with Crippen LogP contribution in [-0.2, 0) is 4.79 Å². The van der Waals surface area contributed by atoms with Crippen molar-refractivity contribution in [1.82, 2.24) is 25.2 Å². The molecule has 0 spiro atoms. The number of fused-ring (bicyclic) bond motifs is 1. The normalized spacial score (nSPS) is 23.5. The quantitative estimate of drug-likeness (QED) is 0.686. The molecule has 3 heterocycles. The lowest BCUT2D eigenvalue weighted by atomic mass is 9.99. The second-order valence-corrected chi connectivity index (χ2v) is 7.51. The Bertz CT molecular complexity index is 1160. The van der Waals surface area contributed by atoms with E-state index in [1.165, 1.54) is 12.1 Å². The smallest absolute Gasteiger partial charge is 0.321 e. The number of carbonyl (C=O) groups is 2. The number of nitrogens with zero attached hydrogens (tertiary/aromatic N) is 3. The molecule has 1 aliphatic carbocycles. The van der Waals surface area contributed by atoms with Crippen molar-refractivity contribution in [3.63, 3.8) is 0 Å². The van der Waals surface area contributed by atoms with Gasteiger partial charge in [0.05, 0.1) is 17.8 Å². The van der Waals surface area contributed by atoms with E-state index in [1.807, 2.05) is 0 Å². The fraction of sp³-hybridized carbons (Fsp3) is 0.300. The van der Waals surface area contributed by atoms with Gasteiger partial charge in [-0.25, -0.2) is 18.6 Å². The van der Waals surface area contributed by atoms with Crippen molar-refractivity contribution in [2.75, 3.05) is 6.54 Å². The minimum atomic E-state index is -2.52. The van der Waals surface area contributed by atoms with Crippen LogP contribution in [0.4, 0.5) is 18.0 Å². The maximum Gasteiger partial charge on any atom is 0.321 e. The monoisotopic (exact) mass is 415 g/mol. The number of amides is 3. The van der Waals surface area contributed by atoms with Crippen molar-refractivity contribution < 1.29 is 22.8 Å². The van der Waals surface area contributed by atoms with Gasteiger partial charge in [0.15, 0.2) is 5.65 Å². The number of hydrogen-bond acceptors (Lipinski definition) is 4. The molecule has 2 aliphatic rings. The van der Waals surface area contributed by atoms with Gasteiger partial charge in [0, 0.05) is 17.7 Å². The molecular formula is C20H16F3N5O2. The Hall–Kier alpha value is -3.43. The van der Waals surface area contributed by atoms with Gasteiger partial charge in [-0.1, -0.05) is 24.3 Å². The fourth-order valence-electron chi connectivity index (χ4n) is 3.99. The minimum absolute atomic E-state index is 0.00491. The maximum absolute atomic E-state index is 14.3. The molecule has 3 amide bonds. The van der Waals surface area contributed by atoms with Crippen LogP contribution in [0, 0.1) is 5.95 Å². The lowest BCUT2D eigenvalue weighted by molar-refractivity contribution is -0.122. The first-order valence-corrected chi connectivity index (χ1v) is 9.43. The molecule has 30 heavy (non-hydrogen) atoms. The van der Waals surface area contributed by atoms with Crippen LogP contribution in [-0.4, -0.2) is 33.1 Å². The predicted molar refractivity (Wildman–Crippen MR) is 98.7 cm³/mol. The van der Waals surface area contributed by atoms with Crippen molar-refractivity contribution in [3.05, 3.63) is 64.9 Å². The van der Waals surface area contributed by atoms with Gasteiger partial charge in [-0.05, 0) is 29.9 Å². The summed E-state index contributed by atoms with van der Waals surface area (Å²) in [6, 6.07) is 7.33. The van der Waals surface area contributed by atoms with Crippen molar-refractivity contribution in [1.29, 1.82) is 0 Å². The number of alkyl halides is 2. The Morgan fingerprint density at radius 1 is 1.13 bits per heavy atom. The molecule has 7 nitrogen and oxygen atoms in total. The summed E-state index contributed by atoms with van der Waals surface area (Å²) in [4.78, 5) is 27.7. The largest absolute Gasteiger partial charge is 0.337 e. The average molecular weight is 415 g/mol. The van der Waals surface area contributed by atoms with Crippen LogP contribution in [0.15, 0.2) is 36.5 Å². The number of imidazole rings is 1. The Kier molecular flexibility index (Phi) is 4.23. The summed E-state index contributed by atoms with van der Waals surface area (Å²) in [7, 11) is 0. The van der Waals surface area contributed by atoms with Crippen molar-refractivity contribution in [3.8, 4) is 0 Å². The molecule has 1 aliphatic heterocycles. The van der Waals surface area contributed by atoms with E-state index >= 15 is 0 Å². The predicted octanol–water partition coefficient (Wildman–Crippen LogP) is 3.00. The lowest BCUT2D eigenvalue weighted by Gasteiger charge is -2.22. The highest BCUT2D eigenvalue weighted by atomic mass is 19.3. The zero-order chi connectivity index (χ0) is 21.0. The van der Waals surface area contributed by atoms with Gasteiger partial charge in [-0.2, -0.15) is 14.0 Å². The first-order chi connectivity index (χ1) is 14.4. The number of imide groups is 1. The third kappa shape index (κ3) is 3.08. The third-order valence-electron chi connectivity index (χ3n) is 5.66. The molecule has 0 bridgehead atoms. The number of benzene rings is 1. The molecule has 1 aromatic carbocycles. The van der Waals surface area contributed by atoms with E-state index in [1.54, 1.807) is 18.2 Å². The average Bonchev–Trinajstić information content (AvgIpc) is 3.44. The van der Waals surface area contributed by atoms with Gasteiger partial charge in [-0.15, -0.1) is 0 Å². The summed E-state index contributed by atoms with van der Waals surface area (Å²) >= 11 is 0. The van der Waals surface area contributed by atoms with Crippen LogP contribution in [0.5, 0.6) is 0 Å². The molecule has 5 rings (SSSR count). The zero-order valence-corrected chi connectivity index (χ0v) is 15.5. The van der Waals surface area contributed by atoms with Gasteiger partial charge in [-0.3, -0.25) is 10.1 Å². The van der Waals surface area contributed by atoms with E-state index < -0.39 is 30.2 Å². The summed E-state index contributed by atoms with van der Waals surface area (Å²) in [6.07, 6.45) is -0.714. The molecule has 1 saturated carbocycles. The number of urea groups is 1. The van der Waals surface area contributed by atoms with Crippen LogP contribution in [0.1, 0.15) is 53.0 Å². The fourth-order valence-corrected chi connectivity index (χ4v) is 3.99. The van der Waals surface area contributed by atoms with Crippen LogP contribution < -0.4 is 10.6 Å². The van der Waals surface area contributed by atoms with Gasteiger partial charge in [0.2, 0.25) is 11.9 Å². The topological polar surface area (TPSA) is 88.4 Å². The summed E-state index contributed by atoms with van der Waals surface area (Å²) in [5, 5.41) is 8.95. The Morgan fingerprint density at radius 3 is 2.60 bits per heavy atom. The molecule has 0 radical (unpaired) electrons.